The van der Waals surface area contributed by atoms with Crippen molar-refractivity contribution in [1.29, 1.82) is 0 Å². The Morgan fingerprint density at radius 2 is 1.25 bits per heavy atom. The average Bonchev–Trinajstić information content (AvgIpc) is 2.66. The van der Waals surface area contributed by atoms with Crippen LogP contribution in [0.15, 0.2) is 0 Å². The maximum Gasteiger partial charge on any atom is 0.410 e. The molecule has 2 aliphatic heterocycles. The van der Waals surface area contributed by atoms with Gasteiger partial charge in [-0.1, -0.05) is 0 Å². The number of nitrogens with zero attached hydrogens (tertiary/aromatic N) is 2. The van der Waals surface area contributed by atoms with Crippen molar-refractivity contribution in [1.82, 2.24) is 9.80 Å². The molecule has 2 saturated heterocycles. The number of carbonyl (C=O) groups is 3. The topological polar surface area (TPSA) is 85.4 Å². The van der Waals surface area contributed by atoms with Gasteiger partial charge in [0, 0.05) is 25.2 Å². The molecular formula is C24H44N2O6. The van der Waals surface area contributed by atoms with Gasteiger partial charge in [0.1, 0.15) is 11.2 Å². The Morgan fingerprint density at radius 3 is 1.72 bits per heavy atom. The first-order valence-corrected chi connectivity index (χ1v) is 11.8. The molecule has 0 aromatic rings. The molecule has 2 atom stereocenters. The summed E-state index contributed by atoms with van der Waals surface area (Å²) in [5.74, 6) is -0.282. The monoisotopic (exact) mass is 456 g/mol. The number of ether oxygens (including phenoxy) is 3. The number of likely N-dealkylation sites (tertiary alicyclic amines) is 2. The Morgan fingerprint density at radius 1 is 0.781 bits per heavy atom. The lowest BCUT2D eigenvalue weighted by atomic mass is 10.00. The first-order chi connectivity index (χ1) is 14.7. The van der Waals surface area contributed by atoms with Crippen LogP contribution in [-0.4, -0.2) is 71.4 Å². The van der Waals surface area contributed by atoms with Gasteiger partial charge in [-0.3, -0.25) is 4.79 Å². The molecule has 0 N–H and O–H groups in total. The standard InChI is InChI=1S/C13H23NO4.C11H21NO2/c1-13(2,3)18-12(16)14-8-6-5-7-10(14)9-11(15)17-4;1-9-7-5-6-8-12(9)10(13)14-11(2,3)4/h10H,5-9H2,1-4H3;9H,5-8H2,1-4H3/t10-;9-/m01/s1. The molecule has 2 rings (SSSR count). The Labute approximate surface area is 193 Å². The van der Waals surface area contributed by atoms with Crippen molar-refractivity contribution in [2.75, 3.05) is 20.2 Å². The van der Waals surface area contributed by atoms with Crippen molar-refractivity contribution < 1.29 is 28.6 Å². The second-order valence-electron chi connectivity index (χ2n) is 10.6. The number of esters is 1. The molecule has 0 bridgehead atoms. The SMILES string of the molecule is COC(=O)C[C@@H]1CCCCN1C(=O)OC(C)(C)C.C[C@@H]1CCCCN1C(=O)OC(C)(C)C. The lowest BCUT2D eigenvalue weighted by Gasteiger charge is -2.36. The highest BCUT2D eigenvalue weighted by Gasteiger charge is 2.32. The fourth-order valence-electron chi connectivity index (χ4n) is 3.74. The summed E-state index contributed by atoms with van der Waals surface area (Å²) in [7, 11) is 1.36. The Bertz CT molecular complexity index is 623. The van der Waals surface area contributed by atoms with Crippen LogP contribution >= 0.6 is 0 Å². The largest absolute Gasteiger partial charge is 0.469 e. The maximum absolute atomic E-state index is 12.0. The van der Waals surface area contributed by atoms with Crippen molar-refractivity contribution in [3.63, 3.8) is 0 Å². The molecule has 0 saturated carbocycles. The van der Waals surface area contributed by atoms with E-state index in [0.717, 1.165) is 38.6 Å². The molecule has 2 heterocycles. The lowest BCUT2D eigenvalue weighted by molar-refractivity contribution is -0.142. The Kier molecular flexibility index (Phi) is 10.8. The van der Waals surface area contributed by atoms with Gasteiger partial charge in [-0.15, -0.1) is 0 Å². The summed E-state index contributed by atoms with van der Waals surface area (Å²) in [5, 5.41) is 0. The zero-order valence-corrected chi connectivity index (χ0v) is 21.4. The molecule has 0 aromatic heterocycles. The van der Waals surface area contributed by atoms with E-state index in [9.17, 15) is 14.4 Å². The number of rotatable bonds is 2. The summed E-state index contributed by atoms with van der Waals surface area (Å²) in [5.41, 5.74) is -0.890. The first kappa shape index (κ1) is 28.0. The van der Waals surface area contributed by atoms with Crippen LogP contribution in [0.25, 0.3) is 0 Å². The molecule has 186 valence electrons. The quantitative estimate of drug-likeness (QED) is 0.423. The highest BCUT2D eigenvalue weighted by molar-refractivity contribution is 5.73. The lowest BCUT2D eigenvalue weighted by Crippen LogP contribution is -2.47. The van der Waals surface area contributed by atoms with Crippen molar-refractivity contribution in [3.05, 3.63) is 0 Å². The van der Waals surface area contributed by atoms with Gasteiger partial charge in [0.05, 0.1) is 13.5 Å². The van der Waals surface area contributed by atoms with Crippen LogP contribution < -0.4 is 0 Å². The van der Waals surface area contributed by atoms with Gasteiger partial charge >= 0.3 is 18.2 Å². The summed E-state index contributed by atoms with van der Waals surface area (Å²) >= 11 is 0. The van der Waals surface area contributed by atoms with Crippen LogP contribution in [0.5, 0.6) is 0 Å². The van der Waals surface area contributed by atoms with E-state index < -0.39 is 5.60 Å². The van der Waals surface area contributed by atoms with Crippen LogP contribution in [0.1, 0.15) is 93.4 Å². The zero-order valence-electron chi connectivity index (χ0n) is 21.4. The zero-order chi connectivity index (χ0) is 24.5. The van der Waals surface area contributed by atoms with E-state index in [1.807, 2.05) is 46.4 Å². The van der Waals surface area contributed by atoms with E-state index in [4.69, 9.17) is 9.47 Å². The third-order valence-corrected chi connectivity index (χ3v) is 5.32. The van der Waals surface area contributed by atoms with E-state index in [2.05, 4.69) is 11.7 Å². The fraction of sp³-hybridized carbons (Fsp3) is 0.875. The average molecular weight is 457 g/mol. The van der Waals surface area contributed by atoms with Gasteiger partial charge in [-0.2, -0.15) is 0 Å². The van der Waals surface area contributed by atoms with Crippen LogP contribution in [0.2, 0.25) is 0 Å². The fourth-order valence-corrected chi connectivity index (χ4v) is 3.74. The molecule has 0 unspecified atom stereocenters. The minimum absolute atomic E-state index is 0.0963. The van der Waals surface area contributed by atoms with Crippen molar-refractivity contribution >= 4 is 18.2 Å². The van der Waals surface area contributed by atoms with E-state index in [1.165, 1.54) is 13.5 Å². The molecule has 2 aliphatic rings. The second-order valence-corrected chi connectivity index (χ2v) is 10.6. The van der Waals surface area contributed by atoms with E-state index in [1.54, 1.807) is 4.90 Å². The molecule has 8 heteroatoms. The number of hydrogen-bond donors (Lipinski definition) is 0. The summed E-state index contributed by atoms with van der Waals surface area (Å²) < 4.78 is 15.4. The van der Waals surface area contributed by atoms with E-state index >= 15 is 0 Å². The van der Waals surface area contributed by atoms with Crippen molar-refractivity contribution in [2.24, 2.45) is 0 Å². The summed E-state index contributed by atoms with van der Waals surface area (Å²) in [6.45, 7) is 14.8. The van der Waals surface area contributed by atoms with Gasteiger partial charge < -0.3 is 24.0 Å². The highest BCUT2D eigenvalue weighted by atomic mass is 16.6. The van der Waals surface area contributed by atoms with Gasteiger partial charge in [0.2, 0.25) is 0 Å². The third-order valence-electron chi connectivity index (χ3n) is 5.32. The molecule has 0 aliphatic carbocycles. The first-order valence-electron chi connectivity index (χ1n) is 11.8. The molecule has 8 nitrogen and oxygen atoms in total. The van der Waals surface area contributed by atoms with E-state index in [0.29, 0.717) is 12.6 Å². The molecule has 2 amide bonds. The number of amides is 2. The van der Waals surface area contributed by atoms with Crippen molar-refractivity contribution in [3.8, 4) is 0 Å². The Hall–Kier alpha value is -1.99. The van der Waals surface area contributed by atoms with Crippen LogP contribution in [0.3, 0.4) is 0 Å². The minimum Gasteiger partial charge on any atom is -0.469 e. The predicted octanol–water partition coefficient (Wildman–Crippen LogP) is 5.14. The Balaban J connectivity index is 0.000000330. The number of carbonyl (C=O) groups excluding carboxylic acids is 3. The van der Waals surface area contributed by atoms with E-state index in [-0.39, 0.29) is 36.2 Å². The summed E-state index contributed by atoms with van der Waals surface area (Å²) in [6, 6.07) is 0.236. The molecule has 2 fully saturated rings. The third kappa shape index (κ3) is 10.6. The molecule has 32 heavy (non-hydrogen) atoms. The van der Waals surface area contributed by atoms with Gasteiger partial charge in [0.15, 0.2) is 0 Å². The smallest absolute Gasteiger partial charge is 0.410 e. The molecular weight excluding hydrogens is 412 g/mol. The maximum atomic E-state index is 12.0. The summed E-state index contributed by atoms with van der Waals surface area (Å²) in [6.07, 6.45) is 5.98. The van der Waals surface area contributed by atoms with Gasteiger partial charge in [-0.25, -0.2) is 9.59 Å². The van der Waals surface area contributed by atoms with Gasteiger partial charge in [-0.05, 0) is 87.0 Å². The van der Waals surface area contributed by atoms with Crippen LogP contribution in [0, 0.1) is 0 Å². The predicted molar refractivity (Wildman–Crippen MR) is 123 cm³/mol. The molecule has 0 radical (unpaired) electrons. The second kappa shape index (κ2) is 12.3. The van der Waals surface area contributed by atoms with Crippen LogP contribution in [-0.2, 0) is 19.0 Å². The number of hydrogen-bond acceptors (Lipinski definition) is 6. The molecule has 0 aromatic carbocycles. The minimum atomic E-state index is -0.510. The summed E-state index contributed by atoms with van der Waals surface area (Å²) in [4.78, 5) is 38.6. The van der Waals surface area contributed by atoms with Gasteiger partial charge in [0.25, 0.3) is 0 Å². The van der Waals surface area contributed by atoms with Crippen LogP contribution in [0.4, 0.5) is 9.59 Å². The number of methoxy groups -OCH3 is 1. The highest BCUT2D eigenvalue weighted by Crippen LogP contribution is 2.23. The molecule has 0 spiro atoms. The van der Waals surface area contributed by atoms with Crippen molar-refractivity contribution in [2.45, 2.75) is 117 Å². The number of piperidine rings is 2. The normalized spacial score (nSPS) is 21.8.